The molecule has 0 saturated carbocycles. The summed E-state index contributed by atoms with van der Waals surface area (Å²) >= 11 is 0. The Morgan fingerprint density at radius 3 is 2.72 bits per heavy atom. The van der Waals surface area contributed by atoms with E-state index < -0.39 is 0 Å². The molecule has 4 rings (SSSR count). The summed E-state index contributed by atoms with van der Waals surface area (Å²) in [4.78, 5) is 31.7. The third kappa shape index (κ3) is 4.72. The van der Waals surface area contributed by atoms with Gasteiger partial charge in [-0.3, -0.25) is 9.59 Å². The number of aromatic nitrogens is 2. The van der Waals surface area contributed by atoms with Crippen LogP contribution in [0.25, 0.3) is 11.0 Å². The first-order valence-corrected chi connectivity index (χ1v) is 10.6. The third-order valence-electron chi connectivity index (χ3n) is 5.68. The van der Waals surface area contributed by atoms with Crippen molar-refractivity contribution in [2.45, 2.75) is 18.9 Å². The number of aryl methyl sites for hydroxylation is 1. The van der Waals surface area contributed by atoms with Gasteiger partial charge in [-0.05, 0) is 42.7 Å². The molecule has 0 aliphatic heterocycles. The highest BCUT2D eigenvalue weighted by Gasteiger charge is 2.23. The maximum absolute atomic E-state index is 13.2. The van der Waals surface area contributed by atoms with Gasteiger partial charge in [0.1, 0.15) is 11.4 Å². The van der Waals surface area contributed by atoms with Crippen LogP contribution in [0.15, 0.2) is 77.7 Å². The summed E-state index contributed by atoms with van der Waals surface area (Å²) < 4.78 is 7.11. The van der Waals surface area contributed by atoms with Crippen LogP contribution < -0.4 is 5.32 Å². The summed E-state index contributed by atoms with van der Waals surface area (Å²) in [5.74, 6) is -0.292. The van der Waals surface area contributed by atoms with Gasteiger partial charge in [-0.1, -0.05) is 30.3 Å². The van der Waals surface area contributed by atoms with Crippen molar-refractivity contribution < 1.29 is 14.0 Å². The smallest absolute Gasteiger partial charge is 0.272 e. The standard InChI is InChI=1S/C25H26N4O3/c1-28-13-6-9-22(28)24(30)26-12-10-20(15-18-7-4-3-5-8-18)29(2)25(31)21-16-19-11-14-32-23(19)17-27-21/h3-9,11,13-14,16-17,20H,10,12,15H2,1-2H3,(H,26,30). The highest BCUT2D eigenvalue weighted by atomic mass is 16.3. The number of amides is 2. The van der Waals surface area contributed by atoms with E-state index in [2.05, 4.69) is 10.3 Å². The summed E-state index contributed by atoms with van der Waals surface area (Å²) in [5.41, 5.74) is 2.75. The van der Waals surface area contributed by atoms with Crippen molar-refractivity contribution in [3.63, 3.8) is 0 Å². The van der Waals surface area contributed by atoms with Crippen LogP contribution in [0.2, 0.25) is 0 Å². The fourth-order valence-electron chi connectivity index (χ4n) is 3.79. The average molecular weight is 431 g/mol. The van der Waals surface area contributed by atoms with Crippen molar-refractivity contribution >= 4 is 22.8 Å². The predicted molar refractivity (Wildman–Crippen MR) is 122 cm³/mol. The Morgan fingerprint density at radius 2 is 1.97 bits per heavy atom. The van der Waals surface area contributed by atoms with E-state index in [4.69, 9.17) is 4.42 Å². The zero-order valence-corrected chi connectivity index (χ0v) is 18.2. The molecule has 0 spiro atoms. The first-order valence-electron chi connectivity index (χ1n) is 10.6. The number of carbonyl (C=O) groups excluding carboxylic acids is 2. The lowest BCUT2D eigenvalue weighted by Gasteiger charge is -2.28. The van der Waals surface area contributed by atoms with Crippen molar-refractivity contribution in [2.75, 3.05) is 13.6 Å². The van der Waals surface area contributed by atoms with Gasteiger partial charge in [0.2, 0.25) is 0 Å². The molecule has 164 valence electrons. The van der Waals surface area contributed by atoms with Gasteiger partial charge in [-0.15, -0.1) is 0 Å². The number of rotatable bonds is 8. The number of nitrogens with one attached hydrogen (secondary N) is 1. The van der Waals surface area contributed by atoms with E-state index in [0.29, 0.717) is 36.4 Å². The summed E-state index contributed by atoms with van der Waals surface area (Å²) in [7, 11) is 3.62. The van der Waals surface area contributed by atoms with Gasteiger partial charge in [-0.25, -0.2) is 4.98 Å². The number of fused-ring (bicyclic) bond motifs is 1. The molecule has 1 unspecified atom stereocenters. The highest BCUT2D eigenvalue weighted by molar-refractivity contribution is 5.95. The maximum atomic E-state index is 13.2. The van der Waals surface area contributed by atoms with Gasteiger partial charge in [0.05, 0.1) is 12.5 Å². The summed E-state index contributed by atoms with van der Waals surface area (Å²) in [6.45, 7) is 0.452. The Morgan fingerprint density at radius 1 is 1.16 bits per heavy atom. The number of carbonyl (C=O) groups is 2. The Hall–Kier alpha value is -3.87. The Bertz CT molecular complexity index is 1210. The summed E-state index contributed by atoms with van der Waals surface area (Å²) in [5, 5.41) is 3.81. The second-order valence-corrected chi connectivity index (χ2v) is 7.84. The van der Waals surface area contributed by atoms with Gasteiger partial charge in [0.25, 0.3) is 11.8 Å². The zero-order valence-electron chi connectivity index (χ0n) is 18.2. The Kier molecular flexibility index (Phi) is 6.35. The second-order valence-electron chi connectivity index (χ2n) is 7.84. The molecule has 7 heteroatoms. The van der Waals surface area contributed by atoms with Crippen LogP contribution in [-0.4, -0.2) is 45.9 Å². The minimum Gasteiger partial charge on any atom is -0.463 e. The van der Waals surface area contributed by atoms with Crippen LogP contribution in [0.5, 0.6) is 0 Å². The molecule has 3 heterocycles. The first-order chi connectivity index (χ1) is 15.5. The summed E-state index contributed by atoms with van der Waals surface area (Å²) in [6, 6.07) is 17.1. The largest absolute Gasteiger partial charge is 0.463 e. The monoisotopic (exact) mass is 430 g/mol. The fourth-order valence-corrected chi connectivity index (χ4v) is 3.79. The molecule has 1 aromatic carbocycles. The number of nitrogens with zero attached hydrogens (tertiary/aromatic N) is 3. The lowest BCUT2D eigenvalue weighted by atomic mass is 10.0. The normalized spacial score (nSPS) is 11.9. The number of pyridine rings is 1. The van der Waals surface area contributed by atoms with Gasteiger partial charge >= 0.3 is 0 Å². The van der Waals surface area contributed by atoms with Crippen LogP contribution >= 0.6 is 0 Å². The number of hydrogen-bond donors (Lipinski definition) is 1. The quantitative estimate of drug-likeness (QED) is 0.463. The minimum atomic E-state index is -0.164. The molecule has 2 amide bonds. The minimum absolute atomic E-state index is 0.111. The fraction of sp³-hybridized carbons (Fsp3) is 0.240. The lowest BCUT2D eigenvalue weighted by molar-refractivity contribution is 0.0717. The molecule has 7 nitrogen and oxygen atoms in total. The van der Waals surface area contributed by atoms with Gasteiger partial charge < -0.3 is 19.2 Å². The van der Waals surface area contributed by atoms with Crippen molar-refractivity contribution in [3.05, 3.63) is 90.2 Å². The topological polar surface area (TPSA) is 80.4 Å². The molecule has 3 aromatic heterocycles. The van der Waals surface area contributed by atoms with E-state index in [1.54, 1.807) is 41.1 Å². The zero-order chi connectivity index (χ0) is 22.5. The van der Waals surface area contributed by atoms with Gasteiger partial charge in [-0.2, -0.15) is 0 Å². The average Bonchev–Trinajstić information content (AvgIpc) is 3.46. The molecule has 0 aliphatic rings. The molecule has 1 atom stereocenters. The van der Waals surface area contributed by atoms with E-state index in [1.807, 2.05) is 55.7 Å². The molecular weight excluding hydrogens is 404 g/mol. The SMILES string of the molecule is CN(C(=O)c1cc2ccoc2cn1)C(CCNC(=O)c1cccn1C)Cc1ccccc1. The number of furan rings is 1. The van der Waals surface area contributed by atoms with Crippen LogP contribution in [0.4, 0.5) is 0 Å². The van der Waals surface area contributed by atoms with Crippen LogP contribution in [-0.2, 0) is 13.5 Å². The van der Waals surface area contributed by atoms with E-state index in [-0.39, 0.29) is 17.9 Å². The van der Waals surface area contributed by atoms with Gasteiger partial charge in [0, 0.05) is 38.3 Å². The van der Waals surface area contributed by atoms with Crippen LogP contribution in [0.3, 0.4) is 0 Å². The Balaban J connectivity index is 1.48. The first kappa shape index (κ1) is 21.4. The molecule has 0 bridgehead atoms. The molecule has 4 aromatic rings. The molecule has 32 heavy (non-hydrogen) atoms. The van der Waals surface area contributed by atoms with Crippen molar-refractivity contribution in [3.8, 4) is 0 Å². The number of likely N-dealkylation sites (N-methyl/N-ethyl adjacent to an activating group) is 1. The van der Waals surface area contributed by atoms with E-state index in [1.165, 1.54) is 0 Å². The van der Waals surface area contributed by atoms with Crippen molar-refractivity contribution in [1.29, 1.82) is 0 Å². The molecule has 1 N–H and O–H groups in total. The Labute approximate surface area is 186 Å². The van der Waals surface area contributed by atoms with E-state index in [0.717, 1.165) is 10.9 Å². The third-order valence-corrected chi connectivity index (χ3v) is 5.68. The molecule has 0 saturated heterocycles. The van der Waals surface area contributed by atoms with E-state index in [9.17, 15) is 9.59 Å². The summed E-state index contributed by atoms with van der Waals surface area (Å²) in [6.07, 6.45) is 6.28. The molecule has 0 aliphatic carbocycles. The number of benzene rings is 1. The van der Waals surface area contributed by atoms with Gasteiger partial charge in [0.15, 0.2) is 5.58 Å². The van der Waals surface area contributed by atoms with Crippen molar-refractivity contribution in [2.24, 2.45) is 7.05 Å². The maximum Gasteiger partial charge on any atom is 0.272 e. The van der Waals surface area contributed by atoms with E-state index >= 15 is 0 Å². The molecule has 0 radical (unpaired) electrons. The molecule has 0 fully saturated rings. The van der Waals surface area contributed by atoms with Crippen molar-refractivity contribution in [1.82, 2.24) is 19.8 Å². The number of hydrogen-bond acceptors (Lipinski definition) is 4. The van der Waals surface area contributed by atoms with Crippen LogP contribution in [0, 0.1) is 0 Å². The highest BCUT2D eigenvalue weighted by Crippen LogP contribution is 2.18. The van der Waals surface area contributed by atoms with Crippen LogP contribution in [0.1, 0.15) is 33.0 Å². The predicted octanol–water partition coefficient (Wildman–Crippen LogP) is 3.67. The second kappa shape index (κ2) is 9.51. The molecular formula is C25H26N4O3. The lowest BCUT2D eigenvalue weighted by Crippen LogP contribution is -2.41.